The van der Waals surface area contributed by atoms with E-state index in [2.05, 4.69) is 44.1 Å². The second-order valence-corrected chi connectivity index (χ2v) is 12.4. The van der Waals surface area contributed by atoms with E-state index in [0.29, 0.717) is 17.8 Å². The molecule has 40 heavy (non-hydrogen) atoms. The second kappa shape index (κ2) is 12.8. The first kappa shape index (κ1) is 30.1. The van der Waals surface area contributed by atoms with E-state index in [0.717, 1.165) is 39.1 Å². The lowest BCUT2D eigenvalue weighted by molar-refractivity contribution is -0.0338. The van der Waals surface area contributed by atoms with Gasteiger partial charge in [-0.2, -0.15) is 0 Å². The van der Waals surface area contributed by atoms with Crippen molar-refractivity contribution in [1.82, 2.24) is 30.3 Å². The summed E-state index contributed by atoms with van der Waals surface area (Å²) in [7, 11) is 2.01. The van der Waals surface area contributed by atoms with Crippen LogP contribution in [0.1, 0.15) is 71.2 Å². The van der Waals surface area contributed by atoms with Gasteiger partial charge in [0, 0.05) is 49.7 Å². The molecule has 1 aromatic heterocycles. The largest absolute Gasteiger partial charge is 0.434 e. The van der Waals surface area contributed by atoms with E-state index < -0.39 is 5.82 Å². The van der Waals surface area contributed by atoms with Gasteiger partial charge in [0.1, 0.15) is 17.9 Å². The van der Waals surface area contributed by atoms with Crippen molar-refractivity contribution in [1.29, 1.82) is 0 Å². The molecule has 2 aliphatic rings. The molecule has 220 valence electrons. The zero-order chi connectivity index (χ0) is 29.0. The van der Waals surface area contributed by atoms with Crippen LogP contribution in [0.4, 0.5) is 10.2 Å². The Morgan fingerprint density at radius 3 is 2.52 bits per heavy atom. The van der Waals surface area contributed by atoms with Crippen molar-refractivity contribution >= 4 is 11.7 Å². The molecule has 1 unspecified atom stereocenters. The standard InChI is InChI=1S/C30H46FN7O2/c1-20(2)25(9-8-13-32-7)37-17-30(18-37)12-14-36(16-30)27-28(35-34-19-33-27)40-26-11-10-23(31)15-24(26)29(39)38(21(3)4)22(5)6/h10-11,15,19-22,25,32H,8-9,12-14,16-18H2,1-7H3. The average Bonchev–Trinajstić information content (AvgIpc) is 3.32. The van der Waals surface area contributed by atoms with Crippen LogP contribution in [0.5, 0.6) is 11.6 Å². The number of carbonyl (C=O) groups is 1. The highest BCUT2D eigenvalue weighted by molar-refractivity contribution is 5.97. The Bertz CT molecular complexity index is 1140. The van der Waals surface area contributed by atoms with Crippen LogP contribution in [0.25, 0.3) is 0 Å². The van der Waals surface area contributed by atoms with Gasteiger partial charge in [-0.3, -0.25) is 9.69 Å². The third-order valence-corrected chi connectivity index (χ3v) is 8.28. The average molecular weight is 556 g/mol. The van der Waals surface area contributed by atoms with Crippen molar-refractivity contribution in [3.63, 3.8) is 0 Å². The Balaban J connectivity index is 1.50. The van der Waals surface area contributed by atoms with Crippen molar-refractivity contribution in [2.45, 2.75) is 78.9 Å². The third-order valence-electron chi connectivity index (χ3n) is 8.28. The number of carbonyl (C=O) groups excluding carboxylic acids is 1. The van der Waals surface area contributed by atoms with Crippen LogP contribution in [0, 0.1) is 17.2 Å². The van der Waals surface area contributed by atoms with Gasteiger partial charge >= 0.3 is 0 Å². The van der Waals surface area contributed by atoms with Crippen LogP contribution in [0.2, 0.25) is 0 Å². The minimum atomic E-state index is -0.498. The molecule has 9 nitrogen and oxygen atoms in total. The molecule has 1 spiro atoms. The molecule has 1 N–H and O–H groups in total. The molecule has 2 fully saturated rings. The number of nitrogens with one attached hydrogen (secondary N) is 1. The molecule has 0 aliphatic carbocycles. The maximum Gasteiger partial charge on any atom is 0.282 e. The number of rotatable bonds is 12. The van der Waals surface area contributed by atoms with Gasteiger partial charge in [0.15, 0.2) is 5.82 Å². The lowest BCUT2D eigenvalue weighted by Crippen LogP contribution is -2.62. The van der Waals surface area contributed by atoms with Crippen LogP contribution in [-0.4, -0.2) is 88.8 Å². The minimum Gasteiger partial charge on any atom is -0.434 e. The van der Waals surface area contributed by atoms with Gasteiger partial charge < -0.3 is 19.9 Å². The lowest BCUT2D eigenvalue weighted by atomic mass is 9.76. The summed E-state index contributed by atoms with van der Waals surface area (Å²) < 4.78 is 20.5. The van der Waals surface area contributed by atoms with Gasteiger partial charge in [-0.25, -0.2) is 9.37 Å². The first-order valence-corrected chi connectivity index (χ1v) is 14.7. The predicted octanol–water partition coefficient (Wildman–Crippen LogP) is 4.60. The fourth-order valence-electron chi connectivity index (χ4n) is 6.46. The molecule has 2 aliphatic heterocycles. The summed E-state index contributed by atoms with van der Waals surface area (Å²) >= 11 is 0. The molecule has 1 amide bonds. The third kappa shape index (κ3) is 6.54. The molecule has 0 bridgehead atoms. The summed E-state index contributed by atoms with van der Waals surface area (Å²) in [5.41, 5.74) is 0.384. The smallest absolute Gasteiger partial charge is 0.282 e. The van der Waals surface area contributed by atoms with E-state index in [1.165, 1.54) is 37.4 Å². The SMILES string of the molecule is CNCCCC(C(C)C)N1CC2(CCN(c3ncnnc3Oc3ccc(F)cc3C(=O)N(C(C)C)C(C)C)C2)C1. The van der Waals surface area contributed by atoms with Crippen LogP contribution < -0.4 is 15.0 Å². The van der Waals surface area contributed by atoms with Crippen molar-refractivity contribution in [3.8, 4) is 11.6 Å². The number of halogens is 1. The topological polar surface area (TPSA) is 86.7 Å². The van der Waals surface area contributed by atoms with Crippen LogP contribution in [0.3, 0.4) is 0 Å². The molecule has 1 aromatic carbocycles. The highest BCUT2D eigenvalue weighted by atomic mass is 19.1. The minimum absolute atomic E-state index is 0.0567. The normalized spacial score (nSPS) is 17.6. The van der Waals surface area contributed by atoms with Crippen LogP contribution in [0.15, 0.2) is 24.5 Å². The first-order valence-electron chi connectivity index (χ1n) is 14.7. The summed E-state index contributed by atoms with van der Waals surface area (Å²) in [4.78, 5) is 24.6. The van der Waals surface area contributed by atoms with E-state index >= 15 is 0 Å². The van der Waals surface area contributed by atoms with Gasteiger partial charge in [0.25, 0.3) is 11.8 Å². The Morgan fingerprint density at radius 1 is 1.15 bits per heavy atom. The van der Waals surface area contributed by atoms with Crippen molar-refractivity contribution in [3.05, 3.63) is 35.9 Å². The summed E-state index contributed by atoms with van der Waals surface area (Å²) in [5.74, 6) is 0.902. The molecule has 2 saturated heterocycles. The van der Waals surface area contributed by atoms with E-state index in [9.17, 15) is 9.18 Å². The quantitative estimate of drug-likeness (QED) is 0.381. The number of nitrogens with zero attached hydrogens (tertiary/aromatic N) is 6. The number of hydrogen-bond donors (Lipinski definition) is 1. The molecule has 10 heteroatoms. The number of hydrogen-bond acceptors (Lipinski definition) is 8. The summed E-state index contributed by atoms with van der Waals surface area (Å²) in [6.45, 7) is 17.3. The van der Waals surface area contributed by atoms with Crippen molar-refractivity contribution < 1.29 is 13.9 Å². The Hall–Kier alpha value is -2.85. The summed E-state index contributed by atoms with van der Waals surface area (Å²) in [5, 5.41) is 11.5. The fourth-order valence-corrected chi connectivity index (χ4v) is 6.46. The van der Waals surface area contributed by atoms with Gasteiger partial charge in [-0.15, -0.1) is 10.2 Å². The highest BCUT2D eigenvalue weighted by Gasteiger charge is 2.50. The highest BCUT2D eigenvalue weighted by Crippen LogP contribution is 2.44. The molecule has 2 aromatic rings. The van der Waals surface area contributed by atoms with Gasteiger partial charge in [-0.05, 0) is 84.7 Å². The van der Waals surface area contributed by atoms with E-state index in [4.69, 9.17) is 4.74 Å². The van der Waals surface area contributed by atoms with Gasteiger partial charge in [-0.1, -0.05) is 13.8 Å². The zero-order valence-electron chi connectivity index (χ0n) is 25.2. The zero-order valence-corrected chi connectivity index (χ0v) is 25.2. The molecule has 0 saturated carbocycles. The predicted molar refractivity (Wildman–Crippen MR) is 155 cm³/mol. The van der Waals surface area contributed by atoms with Crippen molar-refractivity contribution in [2.24, 2.45) is 11.3 Å². The number of anilines is 1. The molecule has 0 radical (unpaired) electrons. The Kier molecular flexibility index (Phi) is 9.61. The van der Waals surface area contributed by atoms with Gasteiger partial charge in [0.2, 0.25) is 0 Å². The van der Waals surface area contributed by atoms with Gasteiger partial charge in [0.05, 0.1) is 5.56 Å². The van der Waals surface area contributed by atoms with Crippen LogP contribution in [-0.2, 0) is 0 Å². The van der Waals surface area contributed by atoms with Crippen molar-refractivity contribution in [2.75, 3.05) is 44.7 Å². The Morgan fingerprint density at radius 2 is 1.88 bits per heavy atom. The van der Waals surface area contributed by atoms with Crippen LogP contribution >= 0.6 is 0 Å². The number of ether oxygens (including phenoxy) is 1. The number of amides is 1. The molecule has 1 atom stereocenters. The number of likely N-dealkylation sites (tertiary alicyclic amines) is 1. The Labute approximate surface area is 238 Å². The molecule has 3 heterocycles. The molecule has 4 rings (SSSR count). The second-order valence-electron chi connectivity index (χ2n) is 12.4. The molecular weight excluding hydrogens is 509 g/mol. The van der Waals surface area contributed by atoms with E-state index in [1.54, 1.807) is 4.90 Å². The maximum absolute atomic E-state index is 14.3. The molecular formula is C30H46FN7O2. The lowest BCUT2D eigenvalue weighted by Gasteiger charge is -2.53. The number of benzene rings is 1. The van der Waals surface area contributed by atoms with E-state index in [-0.39, 0.29) is 40.6 Å². The monoisotopic (exact) mass is 555 g/mol. The fraction of sp³-hybridized carbons (Fsp3) is 0.667. The first-order chi connectivity index (χ1) is 19.0. The number of aromatic nitrogens is 3. The summed E-state index contributed by atoms with van der Waals surface area (Å²) in [6, 6.07) is 4.49. The summed E-state index contributed by atoms with van der Waals surface area (Å²) in [6.07, 6.45) is 4.89. The van der Waals surface area contributed by atoms with E-state index in [1.807, 2.05) is 34.7 Å². The maximum atomic E-state index is 14.3.